The van der Waals surface area contributed by atoms with Gasteiger partial charge < -0.3 is 14.7 Å². The summed E-state index contributed by atoms with van der Waals surface area (Å²) in [7, 11) is 4.29. The van der Waals surface area contributed by atoms with Gasteiger partial charge in [-0.05, 0) is 62.7 Å². The van der Waals surface area contributed by atoms with Crippen LogP contribution in [0.2, 0.25) is 0 Å². The lowest BCUT2D eigenvalue weighted by Crippen LogP contribution is -2.39. The molecule has 3 rings (SSSR count). The van der Waals surface area contributed by atoms with Crippen LogP contribution in [0, 0.1) is 5.92 Å². The van der Waals surface area contributed by atoms with Crippen LogP contribution in [0.1, 0.15) is 24.1 Å². The normalized spacial score (nSPS) is 21.2. The van der Waals surface area contributed by atoms with E-state index in [1.807, 2.05) is 30.3 Å². The fourth-order valence-electron chi connectivity index (χ4n) is 3.68. The van der Waals surface area contributed by atoms with Crippen LogP contribution in [0.15, 0.2) is 48.7 Å². The summed E-state index contributed by atoms with van der Waals surface area (Å²) in [6, 6.07) is 14.7. The highest BCUT2D eigenvalue weighted by Gasteiger charge is 2.25. The Balaban J connectivity index is 1.63. The van der Waals surface area contributed by atoms with Crippen molar-refractivity contribution in [1.82, 2.24) is 14.8 Å². The first-order valence-corrected chi connectivity index (χ1v) is 9.75. The van der Waals surface area contributed by atoms with Crippen molar-refractivity contribution in [2.24, 2.45) is 5.92 Å². The summed E-state index contributed by atoms with van der Waals surface area (Å²) >= 11 is 0. The second-order valence-corrected chi connectivity index (χ2v) is 7.69. The van der Waals surface area contributed by atoms with Gasteiger partial charge in [-0.1, -0.05) is 18.2 Å². The Labute approximate surface area is 162 Å². The van der Waals surface area contributed by atoms with Crippen molar-refractivity contribution >= 4 is 0 Å². The van der Waals surface area contributed by atoms with Crippen LogP contribution in [-0.2, 0) is 13.2 Å². The number of hydrogen-bond acceptors (Lipinski definition) is 5. The highest BCUT2D eigenvalue weighted by Crippen LogP contribution is 2.22. The fourth-order valence-corrected chi connectivity index (χ4v) is 3.68. The quantitative estimate of drug-likeness (QED) is 0.813. The Hall–Kier alpha value is -1.95. The molecule has 1 N–H and O–H groups in total. The zero-order valence-electron chi connectivity index (χ0n) is 16.4. The largest absolute Gasteiger partial charge is 0.487 e. The summed E-state index contributed by atoms with van der Waals surface area (Å²) in [6.45, 7) is 3.59. The molecule has 27 heavy (non-hydrogen) atoms. The minimum atomic E-state index is 0.268. The molecule has 0 spiro atoms. The van der Waals surface area contributed by atoms with E-state index in [0.717, 1.165) is 43.9 Å². The molecule has 0 saturated carbocycles. The molecular weight excluding hydrogens is 338 g/mol. The predicted molar refractivity (Wildman–Crippen MR) is 108 cm³/mol. The molecule has 5 nitrogen and oxygen atoms in total. The van der Waals surface area contributed by atoms with Crippen LogP contribution in [-0.4, -0.2) is 59.7 Å². The van der Waals surface area contributed by atoms with E-state index in [9.17, 15) is 5.11 Å². The Bertz CT molecular complexity index is 693. The zero-order chi connectivity index (χ0) is 19.1. The predicted octanol–water partition coefficient (Wildman–Crippen LogP) is 2.80. The first kappa shape index (κ1) is 19.8. The summed E-state index contributed by atoms with van der Waals surface area (Å²) < 4.78 is 5.92. The number of benzene rings is 1. The Kier molecular flexibility index (Phi) is 7.21. The number of ether oxygens (including phenoxy) is 1. The zero-order valence-corrected chi connectivity index (χ0v) is 16.4. The lowest BCUT2D eigenvalue weighted by atomic mass is 10.0. The molecule has 146 valence electrons. The summed E-state index contributed by atoms with van der Waals surface area (Å²) in [5.74, 6) is 1.23. The van der Waals surface area contributed by atoms with Crippen LogP contribution < -0.4 is 4.74 Å². The Morgan fingerprint density at radius 2 is 2.04 bits per heavy atom. The van der Waals surface area contributed by atoms with E-state index in [1.165, 1.54) is 5.56 Å². The van der Waals surface area contributed by atoms with Crippen LogP contribution in [0.4, 0.5) is 0 Å². The van der Waals surface area contributed by atoms with E-state index >= 15 is 0 Å². The van der Waals surface area contributed by atoms with Crippen molar-refractivity contribution in [2.75, 3.05) is 33.8 Å². The standard InChI is InChI=1S/C22H31N3O2/c1-24(2)21-10-9-19(16-26)14-25(15-21)13-18-6-5-8-22(12-18)27-17-20-7-3-4-11-23-20/h3-8,11-12,19,21,26H,9-10,13-17H2,1-2H3/t19-,21+/m0/s1. The molecule has 5 heteroatoms. The molecule has 1 saturated heterocycles. The maximum absolute atomic E-state index is 9.68. The molecular formula is C22H31N3O2. The highest BCUT2D eigenvalue weighted by molar-refractivity contribution is 5.28. The number of aromatic nitrogens is 1. The molecule has 1 aliphatic rings. The number of nitrogens with zero attached hydrogens (tertiary/aromatic N) is 3. The van der Waals surface area contributed by atoms with Crippen LogP contribution >= 0.6 is 0 Å². The van der Waals surface area contributed by atoms with Crippen molar-refractivity contribution in [2.45, 2.75) is 32.0 Å². The van der Waals surface area contributed by atoms with Gasteiger partial charge in [0.2, 0.25) is 0 Å². The first-order chi connectivity index (χ1) is 13.1. The Morgan fingerprint density at radius 1 is 1.15 bits per heavy atom. The van der Waals surface area contributed by atoms with Gasteiger partial charge in [-0.2, -0.15) is 0 Å². The summed E-state index contributed by atoms with van der Waals surface area (Å²) in [5.41, 5.74) is 2.17. The second-order valence-electron chi connectivity index (χ2n) is 7.69. The molecule has 0 amide bonds. The lowest BCUT2D eigenvalue weighted by molar-refractivity contribution is 0.158. The molecule has 0 unspecified atom stereocenters. The highest BCUT2D eigenvalue weighted by atomic mass is 16.5. The summed E-state index contributed by atoms with van der Waals surface area (Å²) in [6.07, 6.45) is 4.01. The van der Waals surface area contributed by atoms with Gasteiger partial charge in [0, 0.05) is 38.5 Å². The minimum Gasteiger partial charge on any atom is -0.487 e. The van der Waals surface area contributed by atoms with Crippen molar-refractivity contribution in [3.8, 4) is 5.75 Å². The number of likely N-dealkylation sites (tertiary alicyclic amines) is 1. The smallest absolute Gasteiger partial charge is 0.130 e. The van der Waals surface area contributed by atoms with E-state index in [4.69, 9.17) is 4.74 Å². The molecule has 2 heterocycles. The van der Waals surface area contributed by atoms with Crippen molar-refractivity contribution in [1.29, 1.82) is 0 Å². The Morgan fingerprint density at radius 3 is 2.78 bits per heavy atom. The molecule has 2 aromatic rings. The average molecular weight is 370 g/mol. The number of likely N-dealkylation sites (N-methyl/N-ethyl adjacent to an activating group) is 1. The summed E-state index contributed by atoms with van der Waals surface area (Å²) in [5, 5.41) is 9.68. The SMILES string of the molecule is CN(C)[C@@H]1CC[C@H](CO)CN(Cc2cccc(OCc3ccccn3)c2)C1. The number of aliphatic hydroxyl groups excluding tert-OH is 1. The molecule has 2 atom stereocenters. The monoisotopic (exact) mass is 369 g/mol. The number of pyridine rings is 1. The van der Waals surface area contributed by atoms with E-state index in [1.54, 1.807) is 6.20 Å². The van der Waals surface area contributed by atoms with Crippen molar-refractivity contribution in [3.05, 3.63) is 59.9 Å². The molecule has 1 aromatic heterocycles. The third-order valence-electron chi connectivity index (χ3n) is 5.30. The van der Waals surface area contributed by atoms with Crippen molar-refractivity contribution in [3.63, 3.8) is 0 Å². The van der Waals surface area contributed by atoms with Crippen LogP contribution in [0.25, 0.3) is 0 Å². The molecule has 0 radical (unpaired) electrons. The third kappa shape index (κ3) is 6.03. The molecule has 0 bridgehead atoms. The van der Waals surface area contributed by atoms with Gasteiger partial charge in [0.25, 0.3) is 0 Å². The number of rotatable bonds is 7. The maximum atomic E-state index is 9.68. The van der Waals surface area contributed by atoms with Gasteiger partial charge in [0.05, 0.1) is 5.69 Å². The molecule has 1 fully saturated rings. The van der Waals surface area contributed by atoms with E-state index in [2.05, 4.69) is 41.0 Å². The summed E-state index contributed by atoms with van der Waals surface area (Å²) in [4.78, 5) is 9.07. The van der Waals surface area contributed by atoms with E-state index < -0.39 is 0 Å². The minimum absolute atomic E-state index is 0.268. The van der Waals surface area contributed by atoms with Gasteiger partial charge in [-0.25, -0.2) is 0 Å². The topological polar surface area (TPSA) is 48.8 Å². The van der Waals surface area contributed by atoms with Gasteiger partial charge in [-0.15, -0.1) is 0 Å². The van der Waals surface area contributed by atoms with Gasteiger partial charge >= 0.3 is 0 Å². The molecule has 1 aliphatic heterocycles. The van der Waals surface area contributed by atoms with Crippen LogP contribution in [0.5, 0.6) is 5.75 Å². The van der Waals surface area contributed by atoms with Crippen LogP contribution in [0.3, 0.4) is 0 Å². The number of aliphatic hydroxyl groups is 1. The third-order valence-corrected chi connectivity index (χ3v) is 5.30. The maximum Gasteiger partial charge on any atom is 0.130 e. The number of hydrogen-bond donors (Lipinski definition) is 1. The van der Waals surface area contributed by atoms with Gasteiger partial charge in [0.15, 0.2) is 0 Å². The van der Waals surface area contributed by atoms with Gasteiger partial charge in [0.1, 0.15) is 12.4 Å². The second kappa shape index (κ2) is 9.83. The first-order valence-electron chi connectivity index (χ1n) is 9.75. The fraction of sp³-hybridized carbons (Fsp3) is 0.500. The van der Waals surface area contributed by atoms with E-state index in [-0.39, 0.29) is 6.61 Å². The van der Waals surface area contributed by atoms with Crippen molar-refractivity contribution < 1.29 is 9.84 Å². The van der Waals surface area contributed by atoms with Gasteiger partial charge in [-0.3, -0.25) is 9.88 Å². The van der Waals surface area contributed by atoms with E-state index in [0.29, 0.717) is 18.6 Å². The average Bonchev–Trinajstić information content (AvgIpc) is 2.90. The lowest BCUT2D eigenvalue weighted by Gasteiger charge is -2.29. The molecule has 1 aromatic carbocycles. The molecule has 0 aliphatic carbocycles.